The van der Waals surface area contributed by atoms with Gasteiger partial charge < -0.3 is 20.5 Å². The van der Waals surface area contributed by atoms with Crippen LogP contribution in [0.1, 0.15) is 53.4 Å². The molecule has 1 saturated heterocycles. The molecule has 1 aliphatic carbocycles. The summed E-state index contributed by atoms with van der Waals surface area (Å²) in [5.74, 6) is 0.0150. The molecule has 0 radical (unpaired) electrons. The van der Waals surface area contributed by atoms with Gasteiger partial charge in [0.1, 0.15) is 5.54 Å². The molecule has 21 heavy (non-hydrogen) atoms. The third-order valence-corrected chi connectivity index (χ3v) is 5.56. The number of rotatable bonds is 3. The number of nitrogens with zero attached hydrogens (tertiary/aromatic N) is 1. The first-order chi connectivity index (χ1) is 9.64. The quantitative estimate of drug-likeness (QED) is 0.823. The van der Waals surface area contributed by atoms with Crippen molar-refractivity contribution < 1.29 is 14.6 Å². The third kappa shape index (κ3) is 2.83. The molecular weight excluding hydrogens is 268 g/mol. The summed E-state index contributed by atoms with van der Waals surface area (Å²) in [5, 5.41) is 10.2. The highest BCUT2D eigenvalue weighted by molar-refractivity contribution is 5.89. The molecule has 3 unspecified atom stereocenters. The van der Waals surface area contributed by atoms with Gasteiger partial charge in [-0.05, 0) is 33.1 Å². The second-order valence-electron chi connectivity index (χ2n) is 7.48. The molecule has 1 amide bonds. The topological polar surface area (TPSA) is 75.8 Å². The summed E-state index contributed by atoms with van der Waals surface area (Å²) in [4.78, 5) is 14.7. The minimum Gasteiger partial charge on any atom is -0.390 e. The molecule has 122 valence electrons. The van der Waals surface area contributed by atoms with Gasteiger partial charge >= 0.3 is 0 Å². The Morgan fingerprint density at radius 2 is 2.00 bits per heavy atom. The summed E-state index contributed by atoms with van der Waals surface area (Å²) in [6.07, 6.45) is 2.80. The Balaban J connectivity index is 2.06. The summed E-state index contributed by atoms with van der Waals surface area (Å²) in [6.45, 7) is 9.75. The summed E-state index contributed by atoms with van der Waals surface area (Å²) in [5.41, 5.74) is 4.60. The van der Waals surface area contributed by atoms with Gasteiger partial charge in [-0.15, -0.1) is 0 Å². The number of amides is 1. The van der Waals surface area contributed by atoms with Gasteiger partial charge in [-0.2, -0.15) is 0 Å². The van der Waals surface area contributed by atoms with E-state index in [1.807, 2.05) is 32.6 Å². The molecule has 1 saturated carbocycles. The number of likely N-dealkylation sites (tertiary alicyclic amines) is 1. The van der Waals surface area contributed by atoms with E-state index in [2.05, 4.69) is 0 Å². The normalized spacial score (nSPS) is 39.5. The average Bonchev–Trinajstić information content (AvgIpc) is 2.58. The number of nitrogens with two attached hydrogens (primary N) is 1. The summed E-state index contributed by atoms with van der Waals surface area (Å²) in [6, 6.07) is 0. The zero-order valence-corrected chi connectivity index (χ0v) is 13.8. The second-order valence-corrected chi connectivity index (χ2v) is 7.48. The standard InChI is InChI=1S/C16H30N2O3/c1-5-21-12-11-16(17,14(12,2)3)13(19)18-9-6-7-15(4,20)8-10-18/h12,20H,5-11,17H2,1-4H3. The lowest BCUT2D eigenvalue weighted by Gasteiger charge is -2.58. The van der Waals surface area contributed by atoms with Crippen LogP contribution in [0.4, 0.5) is 0 Å². The van der Waals surface area contributed by atoms with Gasteiger partial charge in [-0.25, -0.2) is 0 Å². The van der Waals surface area contributed by atoms with Gasteiger partial charge in [-0.3, -0.25) is 4.79 Å². The van der Waals surface area contributed by atoms with Gasteiger partial charge in [0.25, 0.3) is 0 Å². The summed E-state index contributed by atoms with van der Waals surface area (Å²) < 4.78 is 5.69. The van der Waals surface area contributed by atoms with Crippen LogP contribution in [-0.2, 0) is 9.53 Å². The summed E-state index contributed by atoms with van der Waals surface area (Å²) in [7, 11) is 0. The highest BCUT2D eigenvalue weighted by atomic mass is 16.5. The fourth-order valence-electron chi connectivity index (χ4n) is 3.55. The van der Waals surface area contributed by atoms with Crippen LogP contribution < -0.4 is 5.73 Å². The van der Waals surface area contributed by atoms with Crippen LogP contribution >= 0.6 is 0 Å². The zero-order valence-electron chi connectivity index (χ0n) is 13.8. The van der Waals surface area contributed by atoms with E-state index in [1.54, 1.807) is 0 Å². The van der Waals surface area contributed by atoms with Crippen molar-refractivity contribution in [3.8, 4) is 0 Å². The monoisotopic (exact) mass is 298 g/mol. The van der Waals surface area contributed by atoms with E-state index < -0.39 is 11.1 Å². The molecule has 3 N–H and O–H groups in total. The number of hydrogen-bond acceptors (Lipinski definition) is 4. The van der Waals surface area contributed by atoms with Crippen molar-refractivity contribution in [2.45, 2.75) is 70.6 Å². The lowest BCUT2D eigenvalue weighted by molar-refractivity contribution is -0.179. The molecule has 1 aliphatic heterocycles. The number of aliphatic hydroxyl groups is 1. The molecule has 0 bridgehead atoms. The van der Waals surface area contributed by atoms with Crippen LogP contribution in [0.5, 0.6) is 0 Å². The molecular formula is C16H30N2O3. The number of hydrogen-bond donors (Lipinski definition) is 2. The Morgan fingerprint density at radius 3 is 2.57 bits per heavy atom. The van der Waals surface area contributed by atoms with Gasteiger partial charge in [0.2, 0.25) is 5.91 Å². The zero-order chi connectivity index (χ0) is 15.9. The van der Waals surface area contributed by atoms with Crippen molar-refractivity contribution in [2.75, 3.05) is 19.7 Å². The Morgan fingerprint density at radius 1 is 1.33 bits per heavy atom. The molecule has 0 spiro atoms. The molecule has 0 aromatic heterocycles. The average molecular weight is 298 g/mol. The Labute approximate surface area is 127 Å². The summed E-state index contributed by atoms with van der Waals surface area (Å²) >= 11 is 0. The maximum Gasteiger partial charge on any atom is 0.243 e. The molecule has 5 nitrogen and oxygen atoms in total. The van der Waals surface area contributed by atoms with E-state index in [-0.39, 0.29) is 17.4 Å². The van der Waals surface area contributed by atoms with E-state index in [1.165, 1.54) is 0 Å². The van der Waals surface area contributed by atoms with Gasteiger partial charge in [0.05, 0.1) is 11.7 Å². The van der Waals surface area contributed by atoms with E-state index in [0.717, 1.165) is 12.8 Å². The number of carbonyl (C=O) groups excluding carboxylic acids is 1. The van der Waals surface area contributed by atoms with Gasteiger partial charge in [0, 0.05) is 31.5 Å². The minimum absolute atomic E-state index is 0.0150. The van der Waals surface area contributed by atoms with Gasteiger partial charge in [0.15, 0.2) is 0 Å². The van der Waals surface area contributed by atoms with Crippen molar-refractivity contribution in [3.63, 3.8) is 0 Å². The van der Waals surface area contributed by atoms with E-state index in [0.29, 0.717) is 32.5 Å². The highest BCUT2D eigenvalue weighted by Crippen LogP contribution is 2.50. The first-order valence-electron chi connectivity index (χ1n) is 8.06. The van der Waals surface area contributed by atoms with Crippen molar-refractivity contribution in [1.29, 1.82) is 0 Å². The highest BCUT2D eigenvalue weighted by Gasteiger charge is 2.63. The van der Waals surface area contributed by atoms with Crippen LogP contribution in [-0.4, -0.2) is 52.9 Å². The van der Waals surface area contributed by atoms with E-state index in [9.17, 15) is 9.90 Å². The Kier molecular flexibility index (Phi) is 4.40. The third-order valence-electron chi connectivity index (χ3n) is 5.56. The largest absolute Gasteiger partial charge is 0.390 e. The van der Waals surface area contributed by atoms with Crippen LogP contribution in [0.25, 0.3) is 0 Å². The van der Waals surface area contributed by atoms with Gasteiger partial charge in [-0.1, -0.05) is 13.8 Å². The van der Waals surface area contributed by atoms with Crippen LogP contribution in [0.3, 0.4) is 0 Å². The molecule has 2 fully saturated rings. The smallest absolute Gasteiger partial charge is 0.243 e. The predicted octanol–water partition coefficient (Wildman–Crippen LogP) is 1.28. The van der Waals surface area contributed by atoms with Crippen LogP contribution in [0.2, 0.25) is 0 Å². The van der Waals surface area contributed by atoms with E-state index >= 15 is 0 Å². The first kappa shape index (κ1) is 16.7. The fourth-order valence-corrected chi connectivity index (χ4v) is 3.55. The van der Waals surface area contributed by atoms with Crippen molar-refractivity contribution in [1.82, 2.24) is 4.90 Å². The number of carbonyl (C=O) groups is 1. The molecule has 0 aromatic rings. The fraction of sp³-hybridized carbons (Fsp3) is 0.938. The molecule has 2 aliphatic rings. The Bertz CT molecular complexity index is 408. The molecule has 0 aromatic carbocycles. The van der Waals surface area contributed by atoms with E-state index in [4.69, 9.17) is 10.5 Å². The molecule has 3 atom stereocenters. The number of ether oxygens (including phenoxy) is 1. The maximum absolute atomic E-state index is 12.9. The molecule has 2 rings (SSSR count). The van der Waals surface area contributed by atoms with Crippen LogP contribution in [0.15, 0.2) is 0 Å². The first-order valence-corrected chi connectivity index (χ1v) is 8.06. The van der Waals surface area contributed by atoms with Crippen molar-refractivity contribution >= 4 is 5.91 Å². The second kappa shape index (κ2) is 5.52. The van der Waals surface area contributed by atoms with Crippen LogP contribution in [0, 0.1) is 5.41 Å². The molecule has 1 heterocycles. The lowest BCUT2D eigenvalue weighted by Crippen LogP contribution is -2.76. The predicted molar refractivity (Wildman–Crippen MR) is 81.8 cm³/mol. The van der Waals surface area contributed by atoms with Crippen molar-refractivity contribution in [2.24, 2.45) is 11.1 Å². The minimum atomic E-state index is -0.844. The molecule has 5 heteroatoms. The lowest BCUT2D eigenvalue weighted by atomic mass is 9.54. The van der Waals surface area contributed by atoms with Crippen molar-refractivity contribution in [3.05, 3.63) is 0 Å². The maximum atomic E-state index is 12.9. The SMILES string of the molecule is CCOC1CC(N)(C(=O)N2CCCC(C)(O)CC2)C1(C)C. The Hall–Kier alpha value is -0.650.